The van der Waals surface area contributed by atoms with Crippen LogP contribution in [0.15, 0.2) is 0 Å². The first-order valence-electron chi connectivity index (χ1n) is 8.22. The molecule has 134 valence electrons. The summed E-state index contributed by atoms with van der Waals surface area (Å²) in [6.07, 6.45) is 2.59. The van der Waals surface area contributed by atoms with Gasteiger partial charge in [-0.1, -0.05) is 13.3 Å². The van der Waals surface area contributed by atoms with E-state index in [2.05, 4.69) is 11.8 Å². The minimum Gasteiger partial charge on any atom is -0.481 e. The summed E-state index contributed by atoms with van der Waals surface area (Å²) in [4.78, 5) is 36.6. The Morgan fingerprint density at radius 1 is 0.739 bits per heavy atom. The molecule has 0 atom stereocenters. The van der Waals surface area contributed by atoms with E-state index >= 15 is 0 Å². The monoisotopic (exact) mass is 330 g/mol. The van der Waals surface area contributed by atoms with Crippen molar-refractivity contribution in [2.24, 2.45) is 0 Å². The topological polar surface area (TPSA) is 98.2 Å². The average Bonchev–Trinajstić information content (AvgIpc) is 2.47. The molecular weight excluding hydrogens is 300 g/mol. The lowest BCUT2D eigenvalue weighted by atomic mass is 10.2. The summed E-state index contributed by atoms with van der Waals surface area (Å²) in [5.74, 6) is -1.59. The van der Waals surface area contributed by atoms with Crippen LogP contribution in [0.25, 0.3) is 0 Å². The Kier molecular flexibility index (Phi) is 12.2. The largest absolute Gasteiger partial charge is 0.481 e. The van der Waals surface area contributed by atoms with Crippen LogP contribution in [0.5, 0.6) is 0 Å². The molecule has 0 unspecified atom stereocenters. The van der Waals surface area contributed by atoms with E-state index in [1.165, 1.54) is 6.92 Å². The van der Waals surface area contributed by atoms with E-state index in [1.54, 1.807) is 0 Å². The second-order valence-electron chi connectivity index (χ2n) is 5.78. The lowest BCUT2D eigenvalue weighted by molar-refractivity contribution is -0.138. The standard InChI is InChI=1S/C16H30N2O5/c1-3-4-8-17(10-6-15(20)21)12-13-18(9-5-14(2)19)11-7-16(22)23/h3-13H2,1-2H3,(H,20,21)(H,22,23). The first-order valence-corrected chi connectivity index (χ1v) is 8.22. The van der Waals surface area contributed by atoms with Gasteiger partial charge in [-0.25, -0.2) is 0 Å². The van der Waals surface area contributed by atoms with Gasteiger partial charge in [0.2, 0.25) is 0 Å². The molecule has 0 amide bonds. The molecule has 0 aliphatic rings. The molecule has 2 N–H and O–H groups in total. The molecule has 0 radical (unpaired) electrons. The Bertz CT molecular complexity index is 355. The normalized spacial score (nSPS) is 11.1. The molecule has 0 spiro atoms. The number of ketones is 1. The molecule has 23 heavy (non-hydrogen) atoms. The van der Waals surface area contributed by atoms with Gasteiger partial charge in [0.25, 0.3) is 0 Å². The zero-order valence-electron chi connectivity index (χ0n) is 14.3. The van der Waals surface area contributed by atoms with Gasteiger partial charge in [-0.05, 0) is 19.9 Å². The molecule has 0 aliphatic carbocycles. The Hall–Kier alpha value is -1.47. The van der Waals surface area contributed by atoms with E-state index in [4.69, 9.17) is 10.2 Å². The fourth-order valence-corrected chi connectivity index (χ4v) is 2.16. The summed E-state index contributed by atoms with van der Waals surface area (Å²) in [5, 5.41) is 17.6. The average molecular weight is 330 g/mol. The number of hydrogen-bond donors (Lipinski definition) is 2. The predicted octanol–water partition coefficient (Wildman–Crippen LogP) is 1.32. The van der Waals surface area contributed by atoms with Gasteiger partial charge in [0.05, 0.1) is 12.8 Å². The number of aliphatic carboxylic acids is 2. The van der Waals surface area contributed by atoms with Crippen LogP contribution in [0.1, 0.15) is 46.0 Å². The third kappa shape index (κ3) is 13.9. The number of rotatable bonds is 15. The number of carbonyl (C=O) groups excluding carboxylic acids is 1. The SMILES string of the molecule is CCCCN(CCC(=O)O)CCN(CCC(C)=O)CCC(=O)O. The molecule has 0 rings (SSSR count). The fourth-order valence-electron chi connectivity index (χ4n) is 2.16. The Labute approximate surface area is 138 Å². The van der Waals surface area contributed by atoms with Crippen molar-refractivity contribution in [3.8, 4) is 0 Å². The minimum atomic E-state index is -0.855. The summed E-state index contributed by atoms with van der Waals surface area (Å²) >= 11 is 0. The van der Waals surface area contributed by atoms with E-state index in [9.17, 15) is 14.4 Å². The van der Waals surface area contributed by atoms with Crippen molar-refractivity contribution < 1.29 is 24.6 Å². The van der Waals surface area contributed by atoms with Gasteiger partial charge in [-0.3, -0.25) is 14.4 Å². The number of hydrogen-bond acceptors (Lipinski definition) is 5. The van der Waals surface area contributed by atoms with Gasteiger partial charge in [0.1, 0.15) is 5.78 Å². The number of Topliss-reactive ketones (excluding diaryl/α,β-unsaturated/α-hetero) is 1. The second kappa shape index (κ2) is 13.0. The van der Waals surface area contributed by atoms with Crippen LogP contribution in [0.4, 0.5) is 0 Å². The zero-order chi connectivity index (χ0) is 17.7. The number of carboxylic acid groups (broad SMARTS) is 2. The molecule has 0 aliphatic heterocycles. The van der Waals surface area contributed by atoms with Crippen LogP contribution in [-0.2, 0) is 14.4 Å². The zero-order valence-corrected chi connectivity index (χ0v) is 14.3. The van der Waals surface area contributed by atoms with Crippen LogP contribution >= 0.6 is 0 Å². The van der Waals surface area contributed by atoms with E-state index in [-0.39, 0.29) is 18.6 Å². The van der Waals surface area contributed by atoms with Gasteiger partial charge < -0.3 is 20.0 Å². The molecule has 0 heterocycles. The van der Waals surface area contributed by atoms with E-state index in [1.807, 2.05) is 4.90 Å². The predicted molar refractivity (Wildman–Crippen MR) is 87.6 cm³/mol. The van der Waals surface area contributed by atoms with Crippen LogP contribution in [0.2, 0.25) is 0 Å². The van der Waals surface area contributed by atoms with Gasteiger partial charge in [-0.15, -0.1) is 0 Å². The van der Waals surface area contributed by atoms with E-state index < -0.39 is 11.9 Å². The van der Waals surface area contributed by atoms with Crippen LogP contribution in [0.3, 0.4) is 0 Å². The van der Waals surface area contributed by atoms with E-state index in [0.717, 1.165) is 19.4 Å². The van der Waals surface area contributed by atoms with Crippen molar-refractivity contribution in [2.45, 2.75) is 46.0 Å². The third-order valence-corrected chi connectivity index (χ3v) is 3.62. The highest BCUT2D eigenvalue weighted by molar-refractivity contribution is 5.75. The summed E-state index contributed by atoms with van der Waals surface area (Å²) < 4.78 is 0. The lowest BCUT2D eigenvalue weighted by Gasteiger charge is -2.27. The maximum absolute atomic E-state index is 11.1. The van der Waals surface area contributed by atoms with Crippen molar-refractivity contribution in [2.75, 3.05) is 39.3 Å². The Morgan fingerprint density at radius 3 is 1.57 bits per heavy atom. The van der Waals surface area contributed by atoms with Crippen molar-refractivity contribution in [3.05, 3.63) is 0 Å². The first-order chi connectivity index (χ1) is 10.8. The quantitative estimate of drug-likeness (QED) is 0.467. The van der Waals surface area contributed by atoms with E-state index in [0.29, 0.717) is 39.1 Å². The molecule has 0 bridgehead atoms. The summed E-state index contributed by atoms with van der Waals surface area (Å²) in [6.45, 7) is 7.22. The van der Waals surface area contributed by atoms with Crippen LogP contribution in [0, 0.1) is 0 Å². The number of nitrogens with zero attached hydrogens (tertiary/aromatic N) is 2. The number of carbonyl (C=O) groups is 3. The first kappa shape index (κ1) is 21.5. The molecule has 0 fully saturated rings. The molecule has 0 aromatic carbocycles. The van der Waals surface area contributed by atoms with Crippen molar-refractivity contribution in [1.29, 1.82) is 0 Å². The maximum atomic E-state index is 11.1. The smallest absolute Gasteiger partial charge is 0.304 e. The molecule has 7 nitrogen and oxygen atoms in total. The summed E-state index contributed by atoms with van der Waals surface area (Å²) in [7, 11) is 0. The third-order valence-electron chi connectivity index (χ3n) is 3.62. The molecule has 0 saturated heterocycles. The van der Waals surface area contributed by atoms with Gasteiger partial charge >= 0.3 is 11.9 Å². The summed E-state index contributed by atoms with van der Waals surface area (Å²) in [5.41, 5.74) is 0. The fraction of sp³-hybridized carbons (Fsp3) is 0.812. The molecule has 0 aromatic rings. The van der Waals surface area contributed by atoms with Gasteiger partial charge in [0, 0.05) is 39.1 Å². The highest BCUT2D eigenvalue weighted by Gasteiger charge is 2.12. The minimum absolute atomic E-state index is 0.0436. The van der Waals surface area contributed by atoms with Gasteiger partial charge in [0.15, 0.2) is 0 Å². The van der Waals surface area contributed by atoms with Crippen molar-refractivity contribution in [1.82, 2.24) is 9.80 Å². The molecule has 7 heteroatoms. The molecular formula is C16H30N2O5. The second-order valence-corrected chi connectivity index (χ2v) is 5.78. The van der Waals surface area contributed by atoms with Gasteiger partial charge in [-0.2, -0.15) is 0 Å². The maximum Gasteiger partial charge on any atom is 0.304 e. The van der Waals surface area contributed by atoms with Crippen LogP contribution < -0.4 is 0 Å². The highest BCUT2D eigenvalue weighted by atomic mass is 16.4. The lowest BCUT2D eigenvalue weighted by Crippen LogP contribution is -2.38. The molecule has 0 aromatic heterocycles. The number of unbranched alkanes of at least 4 members (excludes halogenated alkanes) is 1. The molecule has 0 saturated carbocycles. The number of carboxylic acids is 2. The van der Waals surface area contributed by atoms with Crippen molar-refractivity contribution >= 4 is 17.7 Å². The summed E-state index contributed by atoms with van der Waals surface area (Å²) in [6, 6.07) is 0. The Morgan fingerprint density at radius 2 is 1.17 bits per heavy atom. The van der Waals surface area contributed by atoms with Crippen LogP contribution in [-0.4, -0.2) is 77.0 Å². The Balaban J connectivity index is 4.41. The highest BCUT2D eigenvalue weighted by Crippen LogP contribution is 2.01. The van der Waals surface area contributed by atoms with Crippen molar-refractivity contribution in [3.63, 3.8) is 0 Å².